The van der Waals surface area contributed by atoms with Crippen molar-refractivity contribution in [1.82, 2.24) is 20.4 Å². The minimum absolute atomic E-state index is 0.0118. The fourth-order valence-corrected chi connectivity index (χ4v) is 7.70. The van der Waals surface area contributed by atoms with Gasteiger partial charge >= 0.3 is 24.3 Å². The van der Waals surface area contributed by atoms with E-state index in [-0.39, 0.29) is 57.0 Å². The van der Waals surface area contributed by atoms with Crippen LogP contribution in [-0.4, -0.2) is 87.8 Å². The number of amides is 4. The Kier molecular flexibility index (Phi) is 10.3. The monoisotopic (exact) mass is 704 g/mol. The lowest BCUT2D eigenvalue weighted by molar-refractivity contribution is -0.145. The number of aliphatic carboxylic acids is 1. The highest BCUT2D eigenvalue weighted by atomic mass is 19.4. The maximum absolute atomic E-state index is 14.2. The molecule has 1 aromatic carbocycles. The number of carbonyl (C=O) groups is 5. The Hall–Kier alpha value is -4.30. The molecule has 3 N–H and O–H groups in total. The van der Waals surface area contributed by atoms with Crippen LogP contribution in [0.15, 0.2) is 30.4 Å². The molecule has 0 radical (unpaired) electrons. The van der Waals surface area contributed by atoms with Crippen LogP contribution in [0.3, 0.4) is 0 Å². The van der Waals surface area contributed by atoms with Gasteiger partial charge in [-0.15, -0.1) is 0 Å². The van der Waals surface area contributed by atoms with Crippen molar-refractivity contribution in [3.8, 4) is 0 Å². The van der Waals surface area contributed by atoms with Gasteiger partial charge in [-0.25, -0.2) is 14.4 Å². The second-order valence-corrected chi connectivity index (χ2v) is 14.0. The topological polar surface area (TPSA) is 155 Å². The molecule has 5 atom stereocenters. The van der Waals surface area contributed by atoms with E-state index in [0.717, 1.165) is 44.6 Å². The third kappa shape index (κ3) is 7.70. The molecule has 3 fully saturated rings. The summed E-state index contributed by atoms with van der Waals surface area (Å²) in [6, 6.07) is 1.61. The number of hydrogen-bond donors (Lipinski definition) is 3. The van der Waals surface area contributed by atoms with E-state index in [1.807, 2.05) is 6.08 Å². The van der Waals surface area contributed by atoms with Crippen LogP contribution in [0.4, 0.5) is 22.8 Å². The number of benzene rings is 1. The molecule has 1 aromatic rings. The van der Waals surface area contributed by atoms with Crippen molar-refractivity contribution in [2.75, 3.05) is 13.1 Å². The fraction of sp³-hybridized carbons (Fsp3) is 0.629. The Balaban J connectivity index is 1.21. The van der Waals surface area contributed by atoms with Gasteiger partial charge in [0.25, 0.3) is 0 Å². The SMILES string of the molecule is O=C(N[C@H]1CCCCCC=C[C@@H]2C[C@@]2(C(=O)O)NC(=O)[C@@H]2C[C@@H](OC(=O)N3CCc4cccc(C(F)(F)F)c4C3)CN2C1=O)OC1CCCC1. The first kappa shape index (κ1) is 35.5. The molecule has 15 heteroatoms. The number of ether oxygens (including phenoxy) is 2. The van der Waals surface area contributed by atoms with Gasteiger partial charge in [0.2, 0.25) is 11.8 Å². The molecular formula is C35H43F3N4O8. The number of halogens is 3. The molecule has 6 rings (SSSR count). The standard InChI is InChI=1S/C35H43F3N4O8/c36-35(37,38)26-13-8-9-21-15-16-41(20-25(21)26)33(48)50-24-17-28-29(43)40-34(31(45)46)18-22(34)10-4-2-1-3-5-14-27(30(44)42(28)19-24)39-32(47)49-23-11-6-7-12-23/h4,8-10,13,22-24,27-28H,1-3,5-7,11-12,14-20H2,(H,39,47)(H,40,43)(H,45,46)/t22-,24-,27+,28+,34-/m1/s1. The molecule has 1 saturated heterocycles. The van der Waals surface area contributed by atoms with Gasteiger partial charge in [0.05, 0.1) is 12.1 Å². The molecule has 12 nitrogen and oxygen atoms in total. The molecule has 50 heavy (non-hydrogen) atoms. The molecular weight excluding hydrogens is 661 g/mol. The van der Waals surface area contributed by atoms with Crippen LogP contribution < -0.4 is 10.6 Å². The summed E-state index contributed by atoms with van der Waals surface area (Å²) in [4.78, 5) is 69.0. The van der Waals surface area contributed by atoms with E-state index in [2.05, 4.69) is 10.6 Å². The number of carboxylic acid groups (broad SMARTS) is 1. The number of alkyl carbamates (subject to hydrolysis) is 1. The van der Waals surface area contributed by atoms with Crippen LogP contribution in [0.2, 0.25) is 0 Å². The van der Waals surface area contributed by atoms with Crippen LogP contribution in [0, 0.1) is 5.92 Å². The summed E-state index contributed by atoms with van der Waals surface area (Å²) in [6.45, 7) is -0.452. The Labute approximate surface area is 287 Å². The number of carboxylic acids is 1. The fourth-order valence-electron chi connectivity index (χ4n) is 7.70. The van der Waals surface area contributed by atoms with E-state index in [1.165, 1.54) is 15.9 Å². The lowest BCUT2D eigenvalue weighted by Gasteiger charge is -2.31. The van der Waals surface area contributed by atoms with Crippen molar-refractivity contribution in [2.45, 2.75) is 120 Å². The summed E-state index contributed by atoms with van der Waals surface area (Å²) >= 11 is 0. The highest BCUT2D eigenvalue weighted by Gasteiger charge is 2.61. The molecule has 3 aliphatic heterocycles. The zero-order chi connectivity index (χ0) is 35.6. The van der Waals surface area contributed by atoms with Crippen LogP contribution in [0.25, 0.3) is 0 Å². The number of allylic oxidation sites excluding steroid dienone is 1. The van der Waals surface area contributed by atoms with E-state index >= 15 is 0 Å². The predicted octanol–water partition coefficient (Wildman–Crippen LogP) is 4.69. The summed E-state index contributed by atoms with van der Waals surface area (Å²) in [5, 5.41) is 15.4. The second kappa shape index (κ2) is 14.5. The van der Waals surface area contributed by atoms with Gasteiger partial charge in [-0.1, -0.05) is 37.1 Å². The molecule has 0 unspecified atom stereocenters. The lowest BCUT2D eigenvalue weighted by atomic mass is 9.95. The van der Waals surface area contributed by atoms with E-state index in [4.69, 9.17) is 9.47 Å². The molecule has 0 bridgehead atoms. The molecule has 2 aliphatic carbocycles. The third-order valence-corrected chi connectivity index (χ3v) is 10.6. The van der Waals surface area contributed by atoms with Crippen molar-refractivity contribution < 1.29 is 51.7 Å². The Morgan fingerprint density at radius 2 is 1.76 bits per heavy atom. The van der Waals surface area contributed by atoms with Crippen LogP contribution in [-0.2, 0) is 43.0 Å². The number of rotatable bonds is 4. The van der Waals surface area contributed by atoms with Gasteiger partial charge in [-0.3, -0.25) is 9.59 Å². The number of alkyl halides is 3. The quantitative estimate of drug-likeness (QED) is 0.382. The average molecular weight is 705 g/mol. The van der Waals surface area contributed by atoms with Crippen LogP contribution in [0.1, 0.15) is 87.3 Å². The minimum Gasteiger partial charge on any atom is -0.479 e. The highest BCUT2D eigenvalue weighted by molar-refractivity contribution is 5.96. The van der Waals surface area contributed by atoms with Crippen LogP contribution in [0.5, 0.6) is 0 Å². The number of carbonyl (C=O) groups excluding carboxylic acids is 4. The van der Waals surface area contributed by atoms with E-state index in [9.17, 15) is 42.3 Å². The molecule has 272 valence electrons. The maximum Gasteiger partial charge on any atom is 0.416 e. The molecule has 0 spiro atoms. The average Bonchev–Trinajstić information content (AvgIpc) is 3.35. The van der Waals surface area contributed by atoms with E-state index < -0.39 is 71.4 Å². The first-order valence-corrected chi connectivity index (χ1v) is 17.5. The van der Waals surface area contributed by atoms with Crippen molar-refractivity contribution in [2.24, 2.45) is 5.92 Å². The van der Waals surface area contributed by atoms with Crippen molar-refractivity contribution in [1.29, 1.82) is 0 Å². The number of fused-ring (bicyclic) bond motifs is 3. The lowest BCUT2D eigenvalue weighted by Crippen LogP contribution is -2.56. The van der Waals surface area contributed by atoms with Gasteiger partial charge in [0.1, 0.15) is 29.8 Å². The summed E-state index contributed by atoms with van der Waals surface area (Å²) in [6.07, 6.45) is 2.74. The predicted molar refractivity (Wildman–Crippen MR) is 170 cm³/mol. The smallest absolute Gasteiger partial charge is 0.416 e. The van der Waals surface area contributed by atoms with E-state index in [0.29, 0.717) is 18.4 Å². The first-order chi connectivity index (χ1) is 23.9. The number of hydrogen-bond acceptors (Lipinski definition) is 7. The third-order valence-electron chi connectivity index (χ3n) is 10.6. The Bertz CT molecular complexity index is 1530. The summed E-state index contributed by atoms with van der Waals surface area (Å²) in [5.41, 5.74) is -1.89. The van der Waals surface area contributed by atoms with E-state index in [1.54, 1.807) is 12.1 Å². The molecule has 3 heterocycles. The summed E-state index contributed by atoms with van der Waals surface area (Å²) in [5.74, 6) is -2.98. The largest absolute Gasteiger partial charge is 0.479 e. The summed E-state index contributed by atoms with van der Waals surface area (Å²) in [7, 11) is 0. The second-order valence-electron chi connectivity index (χ2n) is 14.0. The zero-order valence-corrected chi connectivity index (χ0v) is 27.7. The van der Waals surface area contributed by atoms with Gasteiger partial charge in [-0.05, 0) is 75.0 Å². The first-order valence-electron chi connectivity index (χ1n) is 17.5. The van der Waals surface area contributed by atoms with Crippen molar-refractivity contribution in [3.05, 3.63) is 47.0 Å². The zero-order valence-electron chi connectivity index (χ0n) is 27.7. The Morgan fingerprint density at radius 1 is 1.00 bits per heavy atom. The number of nitrogens with zero attached hydrogens (tertiary/aromatic N) is 2. The molecule has 2 saturated carbocycles. The highest BCUT2D eigenvalue weighted by Crippen LogP contribution is 2.45. The van der Waals surface area contributed by atoms with Gasteiger partial charge < -0.3 is 35.0 Å². The van der Waals surface area contributed by atoms with Gasteiger partial charge in [0.15, 0.2) is 0 Å². The maximum atomic E-state index is 14.2. The normalized spacial score (nSPS) is 29.1. The molecule has 5 aliphatic rings. The molecule has 0 aromatic heterocycles. The Morgan fingerprint density at radius 3 is 2.50 bits per heavy atom. The van der Waals surface area contributed by atoms with Crippen molar-refractivity contribution >= 4 is 30.0 Å². The molecule has 4 amide bonds. The number of nitrogens with one attached hydrogen (secondary N) is 2. The van der Waals surface area contributed by atoms with Crippen LogP contribution >= 0.6 is 0 Å². The summed E-state index contributed by atoms with van der Waals surface area (Å²) < 4.78 is 52.5. The minimum atomic E-state index is -4.61. The van der Waals surface area contributed by atoms with Gasteiger partial charge in [0, 0.05) is 25.4 Å². The van der Waals surface area contributed by atoms with Gasteiger partial charge in [-0.2, -0.15) is 13.2 Å². The van der Waals surface area contributed by atoms with Crippen molar-refractivity contribution in [3.63, 3.8) is 0 Å².